The Morgan fingerprint density at radius 3 is 2.70 bits per heavy atom. The number of rotatable bonds is 9. The van der Waals surface area contributed by atoms with Gasteiger partial charge < -0.3 is 10.1 Å². The van der Waals surface area contributed by atoms with E-state index in [4.69, 9.17) is 4.74 Å². The molecule has 188 valence electrons. The van der Waals surface area contributed by atoms with Gasteiger partial charge in [-0.25, -0.2) is 4.98 Å². The van der Waals surface area contributed by atoms with Crippen LogP contribution in [0.2, 0.25) is 0 Å². The standard InChI is InChI=1S/C26H22BrN5O5/c1-2-6-24-30-21-11-10-18(27)14-20(21)26(34)31(24)28-15-17-9-12-23(22(13-17)32(35)36)37-16-25(33)29-19-7-4-3-5-8-19/h3-5,7-15H,2,6,16H2,1H3,(H,29,33). The van der Waals surface area contributed by atoms with E-state index in [1.165, 1.54) is 23.0 Å². The van der Waals surface area contributed by atoms with Gasteiger partial charge in [-0.05, 0) is 48.9 Å². The fraction of sp³-hybridized carbons (Fsp3) is 0.154. The highest BCUT2D eigenvalue weighted by molar-refractivity contribution is 9.10. The monoisotopic (exact) mass is 563 g/mol. The predicted molar refractivity (Wildman–Crippen MR) is 144 cm³/mol. The molecule has 0 spiro atoms. The molecule has 0 saturated heterocycles. The molecule has 10 nitrogen and oxygen atoms in total. The molecule has 4 aromatic rings. The quantitative estimate of drug-likeness (QED) is 0.175. The number of carbonyl (C=O) groups excluding carboxylic acids is 1. The Bertz CT molecular complexity index is 1550. The van der Waals surface area contributed by atoms with Crippen LogP contribution < -0.4 is 15.6 Å². The Kier molecular flexibility index (Phi) is 8.04. The van der Waals surface area contributed by atoms with Gasteiger partial charge in [0.15, 0.2) is 12.4 Å². The van der Waals surface area contributed by atoms with E-state index in [9.17, 15) is 19.7 Å². The van der Waals surface area contributed by atoms with E-state index in [2.05, 4.69) is 31.3 Å². The van der Waals surface area contributed by atoms with Crippen molar-refractivity contribution < 1.29 is 14.5 Å². The van der Waals surface area contributed by atoms with Crippen molar-refractivity contribution in [3.8, 4) is 5.75 Å². The van der Waals surface area contributed by atoms with Crippen LogP contribution in [0.4, 0.5) is 11.4 Å². The zero-order valence-corrected chi connectivity index (χ0v) is 21.3. The molecule has 1 amide bonds. The number of nitro benzene ring substituents is 1. The Morgan fingerprint density at radius 1 is 1.19 bits per heavy atom. The molecule has 1 heterocycles. The van der Waals surface area contributed by atoms with Gasteiger partial charge in [-0.15, -0.1) is 0 Å². The summed E-state index contributed by atoms with van der Waals surface area (Å²) in [5.74, 6) is -0.0340. The van der Waals surface area contributed by atoms with E-state index in [1.54, 1.807) is 42.5 Å². The van der Waals surface area contributed by atoms with Crippen LogP contribution in [0.1, 0.15) is 24.7 Å². The molecule has 37 heavy (non-hydrogen) atoms. The number of aromatic nitrogens is 2. The lowest BCUT2D eigenvalue weighted by molar-refractivity contribution is -0.385. The summed E-state index contributed by atoms with van der Waals surface area (Å²) in [6, 6.07) is 18.3. The molecule has 1 aromatic heterocycles. The van der Waals surface area contributed by atoms with Crippen LogP contribution in [0.3, 0.4) is 0 Å². The van der Waals surface area contributed by atoms with Crippen molar-refractivity contribution >= 4 is 50.3 Å². The van der Waals surface area contributed by atoms with Crippen LogP contribution in [0.25, 0.3) is 10.9 Å². The van der Waals surface area contributed by atoms with Crippen LogP contribution >= 0.6 is 15.9 Å². The highest BCUT2D eigenvalue weighted by atomic mass is 79.9. The number of benzene rings is 3. The van der Waals surface area contributed by atoms with Gasteiger partial charge in [-0.3, -0.25) is 19.7 Å². The second-order valence-corrected chi connectivity index (χ2v) is 8.90. The van der Waals surface area contributed by atoms with Gasteiger partial charge in [-0.2, -0.15) is 9.78 Å². The number of hydrogen-bond donors (Lipinski definition) is 1. The van der Waals surface area contributed by atoms with E-state index in [0.717, 1.165) is 10.9 Å². The van der Waals surface area contributed by atoms with E-state index in [1.807, 2.05) is 19.1 Å². The van der Waals surface area contributed by atoms with Crippen molar-refractivity contribution in [3.05, 3.63) is 103 Å². The fourth-order valence-corrected chi connectivity index (χ4v) is 3.93. The van der Waals surface area contributed by atoms with Crippen molar-refractivity contribution in [2.45, 2.75) is 19.8 Å². The summed E-state index contributed by atoms with van der Waals surface area (Å²) < 4.78 is 7.36. The lowest BCUT2D eigenvalue weighted by Gasteiger charge is -2.09. The predicted octanol–water partition coefficient (Wildman–Crippen LogP) is 4.92. The maximum absolute atomic E-state index is 13.1. The van der Waals surface area contributed by atoms with E-state index < -0.39 is 17.4 Å². The van der Waals surface area contributed by atoms with Crippen LogP contribution in [0, 0.1) is 10.1 Å². The first-order chi connectivity index (χ1) is 17.9. The summed E-state index contributed by atoms with van der Waals surface area (Å²) >= 11 is 3.37. The van der Waals surface area contributed by atoms with Gasteiger partial charge in [0.2, 0.25) is 0 Å². The summed E-state index contributed by atoms with van der Waals surface area (Å²) in [4.78, 5) is 40.9. The number of anilines is 1. The topological polar surface area (TPSA) is 129 Å². The normalized spacial score (nSPS) is 11.1. The van der Waals surface area contributed by atoms with Gasteiger partial charge >= 0.3 is 5.69 Å². The Balaban J connectivity index is 1.58. The molecule has 0 bridgehead atoms. The van der Waals surface area contributed by atoms with Crippen LogP contribution in [0.15, 0.2) is 81.1 Å². The van der Waals surface area contributed by atoms with Crippen molar-refractivity contribution in [2.24, 2.45) is 5.10 Å². The van der Waals surface area contributed by atoms with Gasteiger partial charge in [0.1, 0.15) is 5.82 Å². The number of ether oxygens (including phenoxy) is 1. The van der Waals surface area contributed by atoms with Crippen molar-refractivity contribution in [3.63, 3.8) is 0 Å². The van der Waals surface area contributed by atoms with Crippen LogP contribution in [-0.4, -0.2) is 33.3 Å². The molecule has 0 aliphatic carbocycles. The molecule has 1 N–H and O–H groups in total. The fourth-order valence-electron chi connectivity index (χ4n) is 3.56. The first kappa shape index (κ1) is 25.7. The molecule has 0 unspecified atom stereocenters. The number of nitrogens with zero attached hydrogens (tertiary/aromatic N) is 4. The molecule has 11 heteroatoms. The number of para-hydroxylation sites is 1. The third-order valence-electron chi connectivity index (χ3n) is 5.27. The minimum atomic E-state index is -0.606. The second kappa shape index (κ2) is 11.6. The summed E-state index contributed by atoms with van der Waals surface area (Å²) in [6.07, 6.45) is 2.63. The van der Waals surface area contributed by atoms with Gasteiger partial charge in [0.05, 0.1) is 22.0 Å². The number of amides is 1. The minimum absolute atomic E-state index is 0.0635. The summed E-state index contributed by atoms with van der Waals surface area (Å²) in [6.45, 7) is 1.56. The van der Waals surface area contributed by atoms with Gasteiger partial charge in [0.25, 0.3) is 11.5 Å². The second-order valence-electron chi connectivity index (χ2n) is 7.99. The Morgan fingerprint density at radius 2 is 1.97 bits per heavy atom. The minimum Gasteiger partial charge on any atom is -0.477 e. The van der Waals surface area contributed by atoms with Crippen LogP contribution in [-0.2, 0) is 11.2 Å². The molecule has 0 fully saturated rings. The molecule has 3 aromatic carbocycles. The SMILES string of the molecule is CCCc1nc2ccc(Br)cc2c(=O)n1N=Cc1ccc(OCC(=O)Nc2ccccc2)c([N+](=O)[O-])c1. The highest BCUT2D eigenvalue weighted by Crippen LogP contribution is 2.27. The van der Waals surface area contributed by atoms with E-state index in [0.29, 0.717) is 34.4 Å². The third-order valence-corrected chi connectivity index (χ3v) is 5.76. The number of nitro groups is 1. The lowest BCUT2D eigenvalue weighted by atomic mass is 10.2. The molecule has 0 atom stereocenters. The van der Waals surface area contributed by atoms with Crippen molar-refractivity contribution in [1.82, 2.24) is 9.66 Å². The van der Waals surface area contributed by atoms with Crippen molar-refractivity contribution in [2.75, 3.05) is 11.9 Å². The first-order valence-electron chi connectivity index (χ1n) is 11.4. The zero-order chi connectivity index (χ0) is 26.4. The molecule has 4 rings (SSSR count). The number of hydrogen-bond acceptors (Lipinski definition) is 7. The van der Waals surface area contributed by atoms with Gasteiger partial charge in [0, 0.05) is 28.2 Å². The van der Waals surface area contributed by atoms with E-state index in [-0.39, 0.29) is 17.0 Å². The number of nitrogens with one attached hydrogen (secondary N) is 1. The summed E-state index contributed by atoms with van der Waals surface area (Å²) in [5, 5.41) is 19.0. The van der Waals surface area contributed by atoms with E-state index >= 15 is 0 Å². The maximum Gasteiger partial charge on any atom is 0.311 e. The van der Waals surface area contributed by atoms with Crippen molar-refractivity contribution in [1.29, 1.82) is 0 Å². The molecule has 0 aliphatic heterocycles. The third kappa shape index (κ3) is 6.25. The smallest absolute Gasteiger partial charge is 0.311 e. The Labute approximate surface area is 219 Å². The number of carbonyl (C=O) groups is 1. The molecule has 0 saturated carbocycles. The number of halogens is 1. The molecule has 0 aliphatic rings. The van der Waals surface area contributed by atoms with Gasteiger partial charge in [-0.1, -0.05) is 41.1 Å². The number of aryl methyl sites for hydroxylation is 1. The molecular formula is C26H22BrN5O5. The Hall–Kier alpha value is -4.38. The lowest BCUT2D eigenvalue weighted by Crippen LogP contribution is -2.22. The average Bonchev–Trinajstić information content (AvgIpc) is 2.88. The summed E-state index contributed by atoms with van der Waals surface area (Å²) in [5.41, 5.74) is 0.849. The average molecular weight is 564 g/mol. The first-order valence-corrected chi connectivity index (χ1v) is 12.2. The largest absolute Gasteiger partial charge is 0.477 e. The number of fused-ring (bicyclic) bond motifs is 1. The molecule has 0 radical (unpaired) electrons. The zero-order valence-electron chi connectivity index (χ0n) is 19.8. The van der Waals surface area contributed by atoms with Crippen LogP contribution in [0.5, 0.6) is 5.75 Å². The highest BCUT2D eigenvalue weighted by Gasteiger charge is 2.17. The summed E-state index contributed by atoms with van der Waals surface area (Å²) in [7, 11) is 0. The maximum atomic E-state index is 13.1. The molecular weight excluding hydrogens is 542 g/mol.